The van der Waals surface area contributed by atoms with E-state index in [1.165, 1.54) is 12.1 Å². The van der Waals surface area contributed by atoms with Gasteiger partial charge in [0.2, 0.25) is 0 Å². The van der Waals surface area contributed by atoms with E-state index >= 15 is 0 Å². The van der Waals surface area contributed by atoms with Gasteiger partial charge in [0.1, 0.15) is 5.82 Å². The van der Waals surface area contributed by atoms with E-state index in [2.05, 4.69) is 6.92 Å². The number of benzene rings is 1. The van der Waals surface area contributed by atoms with Gasteiger partial charge in [0, 0.05) is 0 Å². The molecule has 0 bridgehead atoms. The average molecular weight is 229 g/mol. The van der Waals surface area contributed by atoms with Crippen molar-refractivity contribution in [3.63, 3.8) is 0 Å². The van der Waals surface area contributed by atoms with Crippen LogP contribution in [0.25, 0.3) is 0 Å². The molecule has 0 saturated heterocycles. The molecule has 0 nitrogen and oxygen atoms in total. The smallest absolute Gasteiger partial charge is 1.00 e. The van der Waals surface area contributed by atoms with E-state index in [0.29, 0.717) is 0 Å². The molecule has 0 saturated carbocycles. The summed E-state index contributed by atoms with van der Waals surface area (Å²) in [5.41, 5.74) is 0. The molecule has 0 N–H and O–H groups in total. The minimum Gasteiger partial charge on any atom is -1.00 e. The van der Waals surface area contributed by atoms with Gasteiger partial charge in [-0.3, -0.25) is 0 Å². The van der Waals surface area contributed by atoms with Gasteiger partial charge in [-0.25, -0.2) is 4.39 Å². The first kappa shape index (κ1) is 17.5. The van der Waals surface area contributed by atoms with Crippen LogP contribution < -0.4 is 17.0 Å². The van der Waals surface area contributed by atoms with Crippen molar-refractivity contribution in [3.05, 3.63) is 43.1 Å². The Morgan fingerprint density at radius 3 is 1.64 bits per heavy atom. The van der Waals surface area contributed by atoms with Gasteiger partial charge in [-0.15, -0.1) is 0 Å². The Labute approximate surface area is 94.1 Å². The normalized spacial score (nSPS) is 6.09. The molecule has 0 fully saturated rings. The number of rotatable bonds is 0. The monoisotopic (exact) mass is 228 g/mol. The summed E-state index contributed by atoms with van der Waals surface area (Å²) < 4.78 is 11.9. The van der Waals surface area contributed by atoms with Crippen LogP contribution in [0.2, 0.25) is 0 Å². The maximum absolute atomic E-state index is 11.9. The van der Waals surface area contributed by atoms with Gasteiger partial charge in [-0.2, -0.15) is 6.92 Å². The van der Waals surface area contributed by atoms with Crippen molar-refractivity contribution in [2.45, 2.75) is 6.92 Å². The second-order valence-electron chi connectivity index (χ2n) is 1.30. The first-order valence-corrected chi connectivity index (χ1v) is 2.81. The van der Waals surface area contributed by atoms with Crippen LogP contribution in [0.4, 0.5) is 4.39 Å². The molecule has 0 spiro atoms. The maximum atomic E-state index is 11.9. The fraction of sp³-hybridized carbons (Fsp3) is 0.125. The zero-order valence-corrected chi connectivity index (χ0v) is 9.56. The molecule has 1 aromatic rings. The summed E-state index contributed by atoms with van der Waals surface area (Å²) in [4.78, 5) is 0. The van der Waals surface area contributed by atoms with Crippen LogP contribution in [0, 0.1) is 12.7 Å². The van der Waals surface area contributed by atoms with E-state index in [-0.39, 0.29) is 45.9 Å². The van der Waals surface area contributed by atoms with E-state index in [4.69, 9.17) is 0 Å². The van der Waals surface area contributed by atoms with Crippen LogP contribution in [0.1, 0.15) is 6.92 Å². The summed E-state index contributed by atoms with van der Waals surface area (Å²) in [6.07, 6.45) is 0. The topological polar surface area (TPSA) is 0 Å². The quantitative estimate of drug-likeness (QED) is 0.407. The molecular formula is C8H10BrFMg. The first-order valence-electron chi connectivity index (χ1n) is 2.81. The van der Waals surface area contributed by atoms with Gasteiger partial charge in [0.15, 0.2) is 0 Å². The largest absolute Gasteiger partial charge is 2.00 e. The van der Waals surface area contributed by atoms with Gasteiger partial charge >= 0.3 is 23.1 Å². The van der Waals surface area contributed by atoms with Crippen molar-refractivity contribution in [1.82, 2.24) is 0 Å². The Morgan fingerprint density at radius 2 is 1.45 bits per heavy atom. The molecule has 58 valence electrons. The van der Waals surface area contributed by atoms with Crippen LogP contribution in [-0.2, 0) is 0 Å². The fourth-order valence-corrected chi connectivity index (χ4v) is 0.415. The maximum Gasteiger partial charge on any atom is 2.00 e. The van der Waals surface area contributed by atoms with Gasteiger partial charge in [-0.1, -0.05) is 18.2 Å². The number of hydrogen-bond donors (Lipinski definition) is 0. The van der Waals surface area contributed by atoms with Crippen molar-refractivity contribution in [1.29, 1.82) is 0 Å². The molecule has 0 amide bonds. The summed E-state index contributed by atoms with van der Waals surface area (Å²) in [5.74, 6) is -0.178. The molecule has 0 radical (unpaired) electrons. The molecule has 0 atom stereocenters. The van der Waals surface area contributed by atoms with Crippen LogP contribution in [0.15, 0.2) is 30.3 Å². The third-order valence-electron chi connectivity index (χ3n) is 0.733. The summed E-state index contributed by atoms with van der Waals surface area (Å²) in [6.45, 7) is 5.00. The Bertz CT molecular complexity index is 144. The predicted molar refractivity (Wildman–Crippen MR) is 43.2 cm³/mol. The molecule has 0 aliphatic carbocycles. The molecule has 0 aromatic heterocycles. The van der Waals surface area contributed by atoms with E-state index in [9.17, 15) is 4.39 Å². The van der Waals surface area contributed by atoms with Gasteiger partial charge < -0.3 is 23.9 Å². The SMILES string of the molecule is Fc1ccccc1.[Br-].[CH2-]C.[Mg+2]. The Hall–Kier alpha value is 0.396. The minimum atomic E-state index is -0.178. The van der Waals surface area contributed by atoms with Crippen molar-refractivity contribution < 1.29 is 21.4 Å². The fourth-order valence-electron chi connectivity index (χ4n) is 0.415. The third-order valence-corrected chi connectivity index (χ3v) is 0.733. The van der Waals surface area contributed by atoms with Crippen molar-refractivity contribution in [2.24, 2.45) is 0 Å². The second kappa shape index (κ2) is 13.0. The number of halogens is 2. The molecule has 11 heavy (non-hydrogen) atoms. The van der Waals surface area contributed by atoms with E-state index in [1.807, 2.05) is 0 Å². The predicted octanol–water partition coefficient (Wildman–Crippen LogP) is -0.711. The Morgan fingerprint density at radius 1 is 1.09 bits per heavy atom. The molecule has 0 heterocycles. The molecule has 0 aliphatic heterocycles. The minimum absolute atomic E-state index is 0. The first-order chi connectivity index (χ1) is 4.39. The molecular weight excluding hydrogens is 219 g/mol. The van der Waals surface area contributed by atoms with Gasteiger partial charge in [0.25, 0.3) is 0 Å². The molecule has 3 heteroatoms. The molecule has 1 rings (SSSR count). The van der Waals surface area contributed by atoms with E-state index in [0.717, 1.165) is 0 Å². The van der Waals surface area contributed by atoms with Gasteiger partial charge in [0.05, 0.1) is 0 Å². The summed E-state index contributed by atoms with van der Waals surface area (Å²) >= 11 is 0. The Kier molecular flexibility index (Phi) is 20.7. The zero-order valence-electron chi connectivity index (χ0n) is 6.56. The summed E-state index contributed by atoms with van der Waals surface area (Å²) in [7, 11) is 0. The summed E-state index contributed by atoms with van der Waals surface area (Å²) in [5, 5.41) is 0. The molecule has 0 unspecified atom stereocenters. The van der Waals surface area contributed by atoms with Crippen LogP contribution in [0.5, 0.6) is 0 Å². The van der Waals surface area contributed by atoms with Gasteiger partial charge in [-0.05, 0) is 12.1 Å². The number of hydrogen-bond acceptors (Lipinski definition) is 0. The van der Waals surface area contributed by atoms with Crippen LogP contribution in [0.3, 0.4) is 0 Å². The standard InChI is InChI=1S/C6H5F.C2H5.BrH.Mg/c7-6-4-2-1-3-5-6;1-2;;/h1-5H;1H2,2H3;1H;/q;-1;;+2/p-1. The van der Waals surface area contributed by atoms with E-state index < -0.39 is 0 Å². The molecule has 0 aliphatic rings. The average Bonchev–Trinajstić information content (AvgIpc) is 1.94. The van der Waals surface area contributed by atoms with E-state index in [1.54, 1.807) is 25.1 Å². The van der Waals surface area contributed by atoms with Crippen LogP contribution >= 0.6 is 0 Å². The second-order valence-corrected chi connectivity index (χ2v) is 1.30. The summed E-state index contributed by atoms with van der Waals surface area (Å²) in [6, 6.07) is 7.94. The van der Waals surface area contributed by atoms with Crippen molar-refractivity contribution in [2.75, 3.05) is 0 Å². The van der Waals surface area contributed by atoms with Crippen molar-refractivity contribution in [3.8, 4) is 0 Å². The molecule has 1 aromatic carbocycles. The zero-order chi connectivity index (χ0) is 7.11. The van der Waals surface area contributed by atoms with Crippen LogP contribution in [-0.4, -0.2) is 23.1 Å². The van der Waals surface area contributed by atoms with Crippen molar-refractivity contribution >= 4 is 23.1 Å². The third kappa shape index (κ3) is 10.4. The Balaban J connectivity index is -0.000000149.